The molecule has 0 aliphatic rings. The van der Waals surface area contributed by atoms with Gasteiger partial charge in [0.05, 0.1) is 12.5 Å². The SMILES string of the molecule is NC(=O)N[C@H](CC(=O)NCc1ccc(OC(F)(F)F)cc1)c1cccs1. The molecule has 0 aliphatic carbocycles. The number of hydrogen-bond acceptors (Lipinski definition) is 4. The summed E-state index contributed by atoms with van der Waals surface area (Å²) in [7, 11) is 0. The van der Waals surface area contributed by atoms with Crippen molar-refractivity contribution in [2.75, 3.05) is 0 Å². The highest BCUT2D eigenvalue weighted by molar-refractivity contribution is 7.10. The van der Waals surface area contributed by atoms with Gasteiger partial charge in [-0.15, -0.1) is 24.5 Å². The quantitative estimate of drug-likeness (QED) is 0.682. The van der Waals surface area contributed by atoms with E-state index >= 15 is 0 Å². The number of amides is 3. The highest BCUT2D eigenvalue weighted by Crippen LogP contribution is 2.23. The molecule has 0 aliphatic heterocycles. The Morgan fingerprint density at radius 1 is 1.19 bits per heavy atom. The molecule has 1 heterocycles. The molecule has 2 rings (SSSR count). The fraction of sp³-hybridized carbons (Fsp3) is 0.250. The number of halogens is 3. The number of hydrogen-bond donors (Lipinski definition) is 3. The lowest BCUT2D eigenvalue weighted by Crippen LogP contribution is -2.36. The molecule has 1 aromatic carbocycles. The number of benzene rings is 1. The maximum atomic E-state index is 12.1. The van der Waals surface area contributed by atoms with Crippen LogP contribution in [0.2, 0.25) is 0 Å². The van der Waals surface area contributed by atoms with Gasteiger partial charge in [0.2, 0.25) is 5.91 Å². The first-order valence-corrected chi connectivity index (χ1v) is 8.31. The zero-order chi connectivity index (χ0) is 19.2. The second-order valence-corrected chi connectivity index (χ2v) is 6.23. The molecule has 3 amide bonds. The van der Waals surface area contributed by atoms with Crippen LogP contribution in [-0.2, 0) is 11.3 Å². The standard InChI is InChI=1S/C16H16F3N3O3S/c17-16(18,19)25-11-5-3-10(4-6-11)9-21-14(23)8-12(22-15(20)24)13-2-1-7-26-13/h1-7,12H,8-9H2,(H,21,23)(H3,20,22,24)/t12-/m1/s1. The van der Waals surface area contributed by atoms with Crippen molar-refractivity contribution >= 4 is 23.3 Å². The lowest BCUT2D eigenvalue weighted by molar-refractivity contribution is -0.274. The molecule has 10 heteroatoms. The number of primary amides is 1. The van der Waals surface area contributed by atoms with Crippen LogP contribution in [-0.4, -0.2) is 18.3 Å². The van der Waals surface area contributed by atoms with Crippen molar-refractivity contribution in [2.24, 2.45) is 5.73 Å². The Kier molecular flexibility index (Phi) is 6.45. The van der Waals surface area contributed by atoms with E-state index in [0.29, 0.717) is 5.56 Å². The van der Waals surface area contributed by atoms with Crippen LogP contribution in [0.1, 0.15) is 22.9 Å². The number of carbonyl (C=O) groups excluding carboxylic acids is 2. The van der Waals surface area contributed by atoms with Crippen LogP contribution in [0, 0.1) is 0 Å². The summed E-state index contributed by atoms with van der Waals surface area (Å²) in [6, 6.07) is 7.44. The largest absolute Gasteiger partial charge is 0.573 e. The third-order valence-corrected chi connectivity index (χ3v) is 4.23. The zero-order valence-corrected chi connectivity index (χ0v) is 14.2. The van der Waals surface area contributed by atoms with Crippen LogP contribution in [0.15, 0.2) is 41.8 Å². The molecule has 1 atom stereocenters. The minimum absolute atomic E-state index is 0.0152. The molecular weight excluding hydrogens is 371 g/mol. The Hall–Kier alpha value is -2.75. The van der Waals surface area contributed by atoms with E-state index in [-0.39, 0.29) is 24.6 Å². The van der Waals surface area contributed by atoms with Crippen molar-refractivity contribution in [1.29, 1.82) is 0 Å². The Labute approximate surface area is 151 Å². The third kappa shape index (κ3) is 6.63. The van der Waals surface area contributed by atoms with E-state index in [1.165, 1.54) is 23.5 Å². The summed E-state index contributed by atoms with van der Waals surface area (Å²) in [4.78, 5) is 24.0. The monoisotopic (exact) mass is 387 g/mol. The molecular formula is C16H16F3N3O3S. The first-order chi connectivity index (χ1) is 12.2. The van der Waals surface area contributed by atoms with Gasteiger partial charge in [-0.3, -0.25) is 4.79 Å². The molecule has 0 saturated carbocycles. The number of rotatable bonds is 7. The molecule has 6 nitrogen and oxygen atoms in total. The first-order valence-electron chi connectivity index (χ1n) is 7.43. The van der Waals surface area contributed by atoms with E-state index in [1.54, 1.807) is 12.1 Å². The van der Waals surface area contributed by atoms with Crippen molar-refractivity contribution in [3.05, 3.63) is 52.2 Å². The number of thiophene rings is 1. The zero-order valence-electron chi connectivity index (χ0n) is 13.4. The normalized spacial score (nSPS) is 12.3. The van der Waals surface area contributed by atoms with Gasteiger partial charge >= 0.3 is 12.4 Å². The van der Waals surface area contributed by atoms with Crippen LogP contribution < -0.4 is 21.1 Å². The summed E-state index contributed by atoms with van der Waals surface area (Å²) in [6.07, 6.45) is -4.77. The Morgan fingerprint density at radius 3 is 2.42 bits per heavy atom. The smallest absolute Gasteiger partial charge is 0.406 e. The van der Waals surface area contributed by atoms with Gasteiger partial charge in [-0.25, -0.2) is 4.79 Å². The molecule has 0 bridgehead atoms. The number of carbonyl (C=O) groups is 2. The summed E-state index contributed by atoms with van der Waals surface area (Å²) < 4.78 is 40.1. The van der Waals surface area contributed by atoms with Gasteiger partial charge in [-0.2, -0.15) is 0 Å². The second-order valence-electron chi connectivity index (χ2n) is 5.25. The summed E-state index contributed by atoms with van der Waals surface area (Å²) in [5.74, 6) is -0.677. The number of alkyl halides is 3. The van der Waals surface area contributed by atoms with Gasteiger partial charge < -0.3 is 21.1 Å². The van der Waals surface area contributed by atoms with Crippen molar-refractivity contribution in [2.45, 2.75) is 25.4 Å². The van der Waals surface area contributed by atoms with E-state index in [9.17, 15) is 22.8 Å². The summed E-state index contributed by atoms with van der Waals surface area (Å²) >= 11 is 1.38. The summed E-state index contributed by atoms with van der Waals surface area (Å²) in [6.45, 7) is 0.124. The molecule has 1 aromatic heterocycles. The lowest BCUT2D eigenvalue weighted by atomic mass is 10.1. The van der Waals surface area contributed by atoms with Gasteiger partial charge in [-0.05, 0) is 29.1 Å². The molecule has 4 N–H and O–H groups in total. The fourth-order valence-electron chi connectivity index (χ4n) is 2.15. The predicted molar refractivity (Wildman–Crippen MR) is 89.4 cm³/mol. The number of nitrogens with one attached hydrogen (secondary N) is 2. The van der Waals surface area contributed by atoms with Crippen LogP contribution in [0.3, 0.4) is 0 Å². The summed E-state index contributed by atoms with van der Waals surface area (Å²) in [5, 5.41) is 6.96. The number of nitrogens with two attached hydrogens (primary N) is 1. The molecule has 0 saturated heterocycles. The van der Waals surface area contributed by atoms with Crippen LogP contribution >= 0.6 is 11.3 Å². The minimum Gasteiger partial charge on any atom is -0.406 e. The van der Waals surface area contributed by atoms with Crippen LogP contribution in [0.4, 0.5) is 18.0 Å². The Morgan fingerprint density at radius 2 is 1.88 bits per heavy atom. The van der Waals surface area contributed by atoms with Crippen LogP contribution in [0.25, 0.3) is 0 Å². The second kappa shape index (κ2) is 8.56. The van der Waals surface area contributed by atoms with Gasteiger partial charge in [0.15, 0.2) is 0 Å². The minimum atomic E-state index is -4.75. The molecule has 2 aromatic rings. The van der Waals surface area contributed by atoms with Crippen LogP contribution in [0.5, 0.6) is 5.75 Å². The fourth-order valence-corrected chi connectivity index (χ4v) is 2.93. The summed E-state index contributed by atoms with van der Waals surface area (Å²) in [5.41, 5.74) is 5.73. The molecule has 26 heavy (non-hydrogen) atoms. The molecule has 0 fully saturated rings. The molecule has 0 spiro atoms. The highest BCUT2D eigenvalue weighted by atomic mass is 32.1. The van der Waals surface area contributed by atoms with Crippen molar-refractivity contribution in [3.8, 4) is 5.75 Å². The number of ether oxygens (including phenoxy) is 1. The van der Waals surface area contributed by atoms with E-state index in [4.69, 9.17) is 5.73 Å². The average Bonchev–Trinajstić information content (AvgIpc) is 3.06. The van der Waals surface area contributed by atoms with Crippen molar-refractivity contribution in [3.63, 3.8) is 0 Å². The first kappa shape index (κ1) is 19.6. The van der Waals surface area contributed by atoms with Crippen molar-refractivity contribution < 1.29 is 27.5 Å². The molecule has 0 radical (unpaired) electrons. The maximum Gasteiger partial charge on any atom is 0.573 e. The van der Waals surface area contributed by atoms with Crippen molar-refractivity contribution in [1.82, 2.24) is 10.6 Å². The van der Waals surface area contributed by atoms with Gasteiger partial charge in [0.1, 0.15) is 5.75 Å². The number of urea groups is 1. The third-order valence-electron chi connectivity index (χ3n) is 3.24. The van der Waals surface area contributed by atoms with E-state index in [2.05, 4.69) is 15.4 Å². The van der Waals surface area contributed by atoms with E-state index in [1.807, 2.05) is 5.38 Å². The highest BCUT2D eigenvalue weighted by Gasteiger charge is 2.30. The van der Waals surface area contributed by atoms with E-state index in [0.717, 1.165) is 17.0 Å². The average molecular weight is 387 g/mol. The molecule has 140 valence electrons. The Balaban J connectivity index is 1.88. The lowest BCUT2D eigenvalue weighted by Gasteiger charge is -2.16. The van der Waals surface area contributed by atoms with E-state index < -0.39 is 18.4 Å². The van der Waals surface area contributed by atoms with Gasteiger partial charge in [-0.1, -0.05) is 18.2 Å². The predicted octanol–water partition coefficient (Wildman–Crippen LogP) is 3.06. The van der Waals surface area contributed by atoms with Gasteiger partial charge in [0, 0.05) is 11.4 Å². The molecule has 0 unspecified atom stereocenters. The topological polar surface area (TPSA) is 93.5 Å². The Bertz CT molecular complexity index is 733. The maximum absolute atomic E-state index is 12.1. The van der Waals surface area contributed by atoms with Gasteiger partial charge in [0.25, 0.3) is 0 Å².